The summed E-state index contributed by atoms with van der Waals surface area (Å²) in [5, 5.41) is 0. The monoisotopic (exact) mass is 442 g/mol. The summed E-state index contributed by atoms with van der Waals surface area (Å²) in [6, 6.07) is 0. The summed E-state index contributed by atoms with van der Waals surface area (Å²) in [5.74, 6) is 6.01. The van der Waals surface area contributed by atoms with Crippen LogP contribution in [0.15, 0.2) is 11.6 Å². The lowest BCUT2D eigenvalue weighted by Gasteiger charge is -2.59. The zero-order chi connectivity index (χ0) is 23.3. The first-order valence-electron chi connectivity index (χ1n) is 13.9. The van der Waals surface area contributed by atoms with Gasteiger partial charge in [0.2, 0.25) is 0 Å². The van der Waals surface area contributed by atoms with Gasteiger partial charge in [0.1, 0.15) is 6.10 Å². The molecule has 0 N–H and O–H groups in total. The molecule has 3 saturated carbocycles. The fraction of sp³-hybridized carbons (Fsp3) is 0.900. The van der Waals surface area contributed by atoms with Crippen molar-refractivity contribution in [2.75, 3.05) is 0 Å². The average Bonchev–Trinajstić information content (AvgIpc) is 3.08. The number of ether oxygens (including phenoxy) is 1. The smallest absolute Gasteiger partial charge is 0.303 e. The van der Waals surface area contributed by atoms with E-state index in [1.165, 1.54) is 57.8 Å². The summed E-state index contributed by atoms with van der Waals surface area (Å²) in [4.78, 5) is 11.5. The van der Waals surface area contributed by atoms with Crippen molar-refractivity contribution in [3.63, 3.8) is 0 Å². The number of allylic oxidation sites excluding steroid dienone is 1. The third-order valence-electron chi connectivity index (χ3n) is 11.4. The molecule has 182 valence electrons. The van der Waals surface area contributed by atoms with Crippen LogP contribution in [0.25, 0.3) is 0 Å². The molecule has 3 fully saturated rings. The molecule has 0 radical (unpaired) electrons. The molecule has 7 unspecified atom stereocenters. The van der Waals surface area contributed by atoms with Gasteiger partial charge in [0, 0.05) is 6.92 Å². The third-order valence-corrected chi connectivity index (χ3v) is 11.4. The summed E-state index contributed by atoms with van der Waals surface area (Å²) in [7, 11) is 0. The van der Waals surface area contributed by atoms with Gasteiger partial charge in [-0.3, -0.25) is 4.79 Å². The van der Waals surface area contributed by atoms with Gasteiger partial charge in [-0.15, -0.1) is 0 Å². The molecule has 0 aromatic heterocycles. The van der Waals surface area contributed by atoms with Crippen LogP contribution in [0.4, 0.5) is 0 Å². The van der Waals surface area contributed by atoms with Gasteiger partial charge in [0.05, 0.1) is 0 Å². The lowest BCUT2D eigenvalue weighted by atomic mass is 9.46. The predicted molar refractivity (Wildman–Crippen MR) is 133 cm³/mol. The number of esters is 1. The van der Waals surface area contributed by atoms with Crippen LogP contribution in [0.1, 0.15) is 113 Å². The second kappa shape index (κ2) is 9.10. The molecular formula is C30H50O2. The fourth-order valence-corrected chi connectivity index (χ4v) is 9.04. The van der Waals surface area contributed by atoms with Crippen LogP contribution < -0.4 is 0 Å². The molecular weight excluding hydrogens is 392 g/mol. The van der Waals surface area contributed by atoms with E-state index < -0.39 is 0 Å². The second-order valence-electron chi connectivity index (χ2n) is 13.2. The molecule has 0 aromatic rings. The molecule has 4 rings (SSSR count). The van der Waals surface area contributed by atoms with Crippen LogP contribution in [0.5, 0.6) is 0 Å². The van der Waals surface area contributed by atoms with E-state index >= 15 is 0 Å². The molecule has 0 aromatic carbocycles. The van der Waals surface area contributed by atoms with Gasteiger partial charge in [-0.1, -0.05) is 60.0 Å². The molecule has 4 aliphatic carbocycles. The highest BCUT2D eigenvalue weighted by atomic mass is 16.5. The van der Waals surface area contributed by atoms with Crippen molar-refractivity contribution in [3.8, 4) is 0 Å². The molecule has 0 bridgehead atoms. The van der Waals surface area contributed by atoms with E-state index in [1.807, 2.05) is 0 Å². The van der Waals surface area contributed by atoms with E-state index in [4.69, 9.17) is 4.74 Å². The minimum Gasteiger partial charge on any atom is -0.458 e. The van der Waals surface area contributed by atoms with Crippen molar-refractivity contribution in [1.29, 1.82) is 0 Å². The summed E-state index contributed by atoms with van der Waals surface area (Å²) in [6.07, 6.45) is 15.8. The van der Waals surface area contributed by atoms with Gasteiger partial charge >= 0.3 is 5.97 Å². The quantitative estimate of drug-likeness (QED) is 0.306. The van der Waals surface area contributed by atoms with Gasteiger partial charge in [-0.05, 0) is 110 Å². The first-order chi connectivity index (χ1) is 15.1. The van der Waals surface area contributed by atoms with Crippen molar-refractivity contribution in [1.82, 2.24) is 0 Å². The Balaban J connectivity index is 1.47. The number of carbonyl (C=O) groups is 1. The van der Waals surface area contributed by atoms with E-state index in [2.05, 4.69) is 47.6 Å². The van der Waals surface area contributed by atoms with E-state index in [-0.39, 0.29) is 12.1 Å². The number of rotatable bonds is 6. The van der Waals surface area contributed by atoms with Crippen molar-refractivity contribution in [2.45, 2.75) is 119 Å². The molecule has 0 aliphatic heterocycles. The molecule has 2 heteroatoms. The normalized spacial score (nSPS) is 43.0. The number of hydrogen-bond acceptors (Lipinski definition) is 2. The minimum atomic E-state index is -0.133. The Bertz CT molecular complexity index is 722. The molecule has 0 amide bonds. The number of fused-ring (bicyclic) bond motifs is 5. The van der Waals surface area contributed by atoms with E-state index in [0.29, 0.717) is 10.8 Å². The number of carbonyl (C=O) groups excluding carboxylic acids is 1. The average molecular weight is 443 g/mol. The summed E-state index contributed by atoms with van der Waals surface area (Å²) in [5.41, 5.74) is 2.52. The highest BCUT2D eigenvalue weighted by Crippen LogP contribution is 2.67. The van der Waals surface area contributed by atoms with E-state index in [1.54, 1.807) is 12.5 Å². The van der Waals surface area contributed by atoms with Crippen molar-refractivity contribution < 1.29 is 9.53 Å². The van der Waals surface area contributed by atoms with Crippen LogP contribution in [-0.2, 0) is 9.53 Å². The molecule has 9 atom stereocenters. The van der Waals surface area contributed by atoms with Gasteiger partial charge in [0.15, 0.2) is 0 Å². The Morgan fingerprint density at radius 3 is 2.44 bits per heavy atom. The maximum Gasteiger partial charge on any atom is 0.303 e. The van der Waals surface area contributed by atoms with Crippen molar-refractivity contribution in [3.05, 3.63) is 11.6 Å². The van der Waals surface area contributed by atoms with Crippen LogP contribution in [0, 0.1) is 52.3 Å². The minimum absolute atomic E-state index is 0.0194. The second-order valence-corrected chi connectivity index (χ2v) is 13.2. The topological polar surface area (TPSA) is 26.3 Å². The summed E-state index contributed by atoms with van der Waals surface area (Å²) in [6.45, 7) is 16.6. The summed E-state index contributed by atoms with van der Waals surface area (Å²) < 4.78 is 5.59. The standard InChI is InChI=1S/C30H50O2/c1-19(2)20(3)8-9-21(4)26-12-13-27-25-11-10-23-18-24(32-22(5)31)14-16-29(23,6)28(25)15-17-30(26,27)7/h18-21,24-28H,8-17H2,1-7H3/t20-,21+,24?,25?,26?,27?,28?,29?,30?/m0/s1. The fourth-order valence-electron chi connectivity index (χ4n) is 9.04. The highest BCUT2D eigenvalue weighted by Gasteiger charge is 2.59. The predicted octanol–water partition coefficient (Wildman–Crippen LogP) is 8.21. The van der Waals surface area contributed by atoms with E-state index in [0.717, 1.165) is 47.8 Å². The maximum atomic E-state index is 11.5. The zero-order valence-corrected chi connectivity index (χ0v) is 22.1. The third kappa shape index (κ3) is 4.22. The van der Waals surface area contributed by atoms with Gasteiger partial charge in [-0.2, -0.15) is 0 Å². The van der Waals surface area contributed by atoms with Crippen molar-refractivity contribution in [2.24, 2.45) is 52.3 Å². The number of hydrogen-bond donors (Lipinski definition) is 0. The van der Waals surface area contributed by atoms with Gasteiger partial charge in [-0.25, -0.2) is 0 Å². The Hall–Kier alpha value is -0.790. The zero-order valence-electron chi connectivity index (χ0n) is 22.1. The molecule has 32 heavy (non-hydrogen) atoms. The van der Waals surface area contributed by atoms with Crippen LogP contribution >= 0.6 is 0 Å². The van der Waals surface area contributed by atoms with Crippen LogP contribution in [-0.4, -0.2) is 12.1 Å². The Morgan fingerprint density at radius 2 is 1.75 bits per heavy atom. The first kappa shape index (κ1) is 24.3. The molecule has 0 saturated heterocycles. The Labute approximate surface area is 198 Å². The lowest BCUT2D eigenvalue weighted by Crippen LogP contribution is -2.51. The van der Waals surface area contributed by atoms with Crippen LogP contribution in [0.2, 0.25) is 0 Å². The molecule has 2 nitrogen and oxygen atoms in total. The van der Waals surface area contributed by atoms with Gasteiger partial charge < -0.3 is 4.74 Å². The SMILES string of the molecule is CC(=O)OC1C=C2CCC3C(CCC4(C)C3CCC4[C@H](C)CC[C@H](C)C(C)C)C2(C)CC1. The molecule has 0 spiro atoms. The maximum absolute atomic E-state index is 11.5. The molecule has 0 heterocycles. The first-order valence-corrected chi connectivity index (χ1v) is 13.9. The Morgan fingerprint density at radius 1 is 1.00 bits per heavy atom. The largest absolute Gasteiger partial charge is 0.458 e. The lowest BCUT2D eigenvalue weighted by molar-refractivity contribution is -0.145. The van der Waals surface area contributed by atoms with Crippen LogP contribution in [0.3, 0.4) is 0 Å². The highest BCUT2D eigenvalue weighted by molar-refractivity contribution is 5.66. The van der Waals surface area contributed by atoms with E-state index in [9.17, 15) is 4.79 Å². The summed E-state index contributed by atoms with van der Waals surface area (Å²) >= 11 is 0. The Kier molecular flexibility index (Phi) is 6.92. The molecule has 4 aliphatic rings. The van der Waals surface area contributed by atoms with Crippen molar-refractivity contribution >= 4 is 5.97 Å². The van der Waals surface area contributed by atoms with Gasteiger partial charge in [0.25, 0.3) is 0 Å².